The minimum Gasteiger partial charge on any atom is -0.503 e. The zero-order valence-electron chi connectivity index (χ0n) is 16.3. The van der Waals surface area contributed by atoms with Gasteiger partial charge < -0.3 is 19.5 Å². The van der Waals surface area contributed by atoms with Crippen LogP contribution in [0.15, 0.2) is 36.6 Å². The predicted octanol–water partition coefficient (Wildman–Crippen LogP) is 3.81. The Morgan fingerprint density at radius 1 is 1.23 bits per heavy atom. The van der Waals surface area contributed by atoms with Crippen LogP contribution in [0.3, 0.4) is 0 Å². The Balaban J connectivity index is 1.86. The van der Waals surface area contributed by atoms with Crippen molar-refractivity contribution < 1.29 is 32.2 Å². The number of methoxy groups -OCH3 is 2. The van der Waals surface area contributed by atoms with E-state index in [1.807, 2.05) is 0 Å². The molecule has 0 atom stereocenters. The van der Waals surface area contributed by atoms with Crippen LogP contribution in [0.1, 0.15) is 29.7 Å². The SMILES string of the molecule is CO/C=C(/C(=O)OC)c1ccccc1COc1cc(C(F)(F)F)nc(NC2CC2)n1. The molecule has 7 nitrogen and oxygen atoms in total. The van der Waals surface area contributed by atoms with Crippen LogP contribution < -0.4 is 10.1 Å². The van der Waals surface area contributed by atoms with Gasteiger partial charge in [0.05, 0.1) is 20.5 Å². The number of carbonyl (C=O) groups excluding carboxylic acids is 1. The fourth-order valence-corrected chi connectivity index (χ4v) is 2.63. The van der Waals surface area contributed by atoms with Gasteiger partial charge in [0.15, 0.2) is 5.69 Å². The van der Waals surface area contributed by atoms with Crippen LogP contribution in [-0.2, 0) is 27.1 Å². The summed E-state index contributed by atoms with van der Waals surface area (Å²) in [7, 11) is 2.62. The molecule has 1 saturated carbocycles. The van der Waals surface area contributed by atoms with Crippen molar-refractivity contribution >= 4 is 17.5 Å². The van der Waals surface area contributed by atoms with E-state index in [0.29, 0.717) is 11.1 Å². The number of anilines is 1. The third kappa shape index (κ3) is 5.40. The molecule has 2 aromatic rings. The number of nitrogens with one attached hydrogen (secondary N) is 1. The Kier molecular flexibility index (Phi) is 6.43. The molecule has 0 unspecified atom stereocenters. The van der Waals surface area contributed by atoms with Crippen LogP contribution in [0.2, 0.25) is 0 Å². The largest absolute Gasteiger partial charge is 0.503 e. The second kappa shape index (κ2) is 9.02. The van der Waals surface area contributed by atoms with Crippen molar-refractivity contribution in [2.75, 3.05) is 19.5 Å². The molecule has 0 radical (unpaired) electrons. The van der Waals surface area contributed by atoms with Gasteiger partial charge in [-0.15, -0.1) is 0 Å². The van der Waals surface area contributed by atoms with Gasteiger partial charge in [0.1, 0.15) is 12.2 Å². The third-order valence-corrected chi connectivity index (χ3v) is 4.23. The summed E-state index contributed by atoms with van der Waals surface area (Å²) in [4.78, 5) is 19.6. The highest BCUT2D eigenvalue weighted by molar-refractivity contribution is 6.16. The van der Waals surface area contributed by atoms with E-state index >= 15 is 0 Å². The first-order valence-corrected chi connectivity index (χ1v) is 9.07. The zero-order chi connectivity index (χ0) is 21.7. The van der Waals surface area contributed by atoms with E-state index in [0.717, 1.165) is 18.9 Å². The minimum atomic E-state index is -4.64. The normalized spacial score (nSPS) is 14.2. The molecule has 0 spiro atoms. The fraction of sp³-hybridized carbons (Fsp3) is 0.350. The van der Waals surface area contributed by atoms with Crippen molar-refractivity contribution in [1.82, 2.24) is 9.97 Å². The van der Waals surface area contributed by atoms with Gasteiger partial charge in [-0.05, 0) is 24.0 Å². The predicted molar refractivity (Wildman–Crippen MR) is 101 cm³/mol. The number of hydrogen-bond acceptors (Lipinski definition) is 7. The fourth-order valence-electron chi connectivity index (χ4n) is 2.63. The van der Waals surface area contributed by atoms with E-state index in [9.17, 15) is 18.0 Å². The maximum Gasteiger partial charge on any atom is 0.433 e. The summed E-state index contributed by atoms with van der Waals surface area (Å²) in [6.07, 6.45) is -1.70. The summed E-state index contributed by atoms with van der Waals surface area (Å²) in [5.74, 6) is -0.989. The molecule has 1 aromatic carbocycles. The number of hydrogen-bond donors (Lipinski definition) is 1. The molecule has 0 saturated heterocycles. The minimum absolute atomic E-state index is 0.0730. The number of benzene rings is 1. The van der Waals surface area contributed by atoms with Gasteiger partial charge in [-0.1, -0.05) is 24.3 Å². The van der Waals surface area contributed by atoms with E-state index < -0.39 is 17.8 Å². The molecule has 1 N–H and O–H groups in total. The Morgan fingerprint density at radius 3 is 2.60 bits per heavy atom. The maximum atomic E-state index is 13.2. The second-order valence-electron chi connectivity index (χ2n) is 6.54. The standard InChI is InChI=1S/C20H20F3N3O4/c1-28-11-15(18(27)29-2)14-6-4-3-5-12(14)10-30-17-9-16(20(21,22)23)25-19(26-17)24-13-7-8-13/h3-6,9,11,13H,7-8,10H2,1-2H3,(H,24,25,26)/b15-11+. The number of rotatable bonds is 8. The Morgan fingerprint density at radius 2 is 1.97 bits per heavy atom. The molecule has 1 fully saturated rings. The van der Waals surface area contributed by atoms with E-state index in [2.05, 4.69) is 15.3 Å². The monoisotopic (exact) mass is 423 g/mol. The smallest absolute Gasteiger partial charge is 0.433 e. The Labute approximate surface area is 170 Å². The molecular weight excluding hydrogens is 403 g/mol. The van der Waals surface area contributed by atoms with Gasteiger partial charge in [0.25, 0.3) is 0 Å². The van der Waals surface area contributed by atoms with Crippen LogP contribution in [0.4, 0.5) is 19.1 Å². The summed E-state index contributed by atoms with van der Waals surface area (Å²) in [5.41, 5.74) is 0.0510. The average Bonchev–Trinajstić information content (AvgIpc) is 3.53. The highest BCUT2D eigenvalue weighted by atomic mass is 19.4. The molecule has 0 aliphatic heterocycles. The molecule has 1 aliphatic carbocycles. The van der Waals surface area contributed by atoms with E-state index in [1.165, 1.54) is 20.5 Å². The summed E-state index contributed by atoms with van der Waals surface area (Å²) in [5, 5.41) is 2.85. The first-order chi connectivity index (χ1) is 14.3. The lowest BCUT2D eigenvalue weighted by molar-refractivity contribution is -0.141. The summed E-state index contributed by atoms with van der Waals surface area (Å²) in [6.45, 7) is -0.134. The van der Waals surface area contributed by atoms with Gasteiger partial charge >= 0.3 is 12.1 Å². The van der Waals surface area contributed by atoms with Gasteiger partial charge in [0.2, 0.25) is 11.8 Å². The summed E-state index contributed by atoms with van der Waals surface area (Å²) in [6, 6.07) is 7.57. The van der Waals surface area contributed by atoms with Crippen LogP contribution >= 0.6 is 0 Å². The number of ether oxygens (including phenoxy) is 3. The van der Waals surface area contributed by atoms with Gasteiger partial charge in [0, 0.05) is 12.1 Å². The van der Waals surface area contributed by atoms with E-state index in [1.54, 1.807) is 24.3 Å². The molecule has 1 heterocycles. The van der Waals surface area contributed by atoms with Crippen LogP contribution in [0.25, 0.3) is 5.57 Å². The molecule has 1 aliphatic rings. The molecule has 10 heteroatoms. The molecule has 1 aromatic heterocycles. The van der Waals surface area contributed by atoms with Crippen LogP contribution in [0, 0.1) is 0 Å². The zero-order valence-corrected chi connectivity index (χ0v) is 16.3. The summed E-state index contributed by atoms with van der Waals surface area (Å²) >= 11 is 0. The molecule has 3 rings (SSSR count). The lowest BCUT2D eigenvalue weighted by Gasteiger charge is -2.14. The van der Waals surface area contributed by atoms with Gasteiger partial charge in [-0.3, -0.25) is 0 Å². The first kappa shape index (κ1) is 21.4. The highest BCUT2D eigenvalue weighted by Crippen LogP contribution is 2.32. The second-order valence-corrected chi connectivity index (χ2v) is 6.54. The third-order valence-electron chi connectivity index (χ3n) is 4.23. The topological polar surface area (TPSA) is 82.6 Å². The van der Waals surface area contributed by atoms with Gasteiger partial charge in [-0.2, -0.15) is 18.2 Å². The summed E-state index contributed by atoms with van der Waals surface area (Å²) < 4.78 is 54.9. The van der Waals surface area contributed by atoms with Gasteiger partial charge in [-0.25, -0.2) is 9.78 Å². The van der Waals surface area contributed by atoms with Crippen molar-refractivity contribution in [3.8, 4) is 5.88 Å². The molecule has 160 valence electrons. The van der Waals surface area contributed by atoms with Crippen LogP contribution in [-0.4, -0.2) is 36.2 Å². The van der Waals surface area contributed by atoms with Crippen LogP contribution in [0.5, 0.6) is 5.88 Å². The number of halogens is 3. The van der Waals surface area contributed by atoms with E-state index in [-0.39, 0.29) is 30.1 Å². The Hall–Kier alpha value is -3.30. The van der Waals surface area contributed by atoms with Crippen molar-refractivity contribution in [1.29, 1.82) is 0 Å². The number of alkyl halides is 3. The molecule has 0 amide bonds. The molecular formula is C20H20F3N3O4. The van der Waals surface area contributed by atoms with Crippen molar-refractivity contribution in [2.24, 2.45) is 0 Å². The maximum absolute atomic E-state index is 13.2. The number of nitrogens with zero attached hydrogens (tertiary/aromatic N) is 2. The lowest BCUT2D eigenvalue weighted by atomic mass is 10.0. The first-order valence-electron chi connectivity index (χ1n) is 9.07. The average molecular weight is 423 g/mol. The number of aromatic nitrogens is 2. The van der Waals surface area contributed by atoms with Crippen molar-refractivity contribution in [3.05, 3.63) is 53.4 Å². The lowest BCUT2D eigenvalue weighted by Crippen LogP contribution is -2.14. The number of esters is 1. The van der Waals surface area contributed by atoms with Crippen molar-refractivity contribution in [2.45, 2.75) is 31.7 Å². The highest BCUT2D eigenvalue weighted by Gasteiger charge is 2.34. The molecule has 0 bridgehead atoms. The van der Waals surface area contributed by atoms with E-state index in [4.69, 9.17) is 14.2 Å². The molecule has 30 heavy (non-hydrogen) atoms. The Bertz CT molecular complexity index is 943. The quantitative estimate of drug-likeness (QED) is 0.393. The van der Waals surface area contributed by atoms with Crippen molar-refractivity contribution in [3.63, 3.8) is 0 Å². The number of carbonyl (C=O) groups is 1.